The van der Waals surface area contributed by atoms with Gasteiger partial charge in [0.15, 0.2) is 0 Å². The molecule has 0 saturated carbocycles. The van der Waals surface area contributed by atoms with Crippen LogP contribution in [0.3, 0.4) is 0 Å². The van der Waals surface area contributed by atoms with Gasteiger partial charge in [0.2, 0.25) is 0 Å². The maximum atomic E-state index is 5.67. The van der Waals surface area contributed by atoms with Crippen molar-refractivity contribution in [3.8, 4) is 11.8 Å². The Kier molecular flexibility index (Phi) is 3.62. The summed E-state index contributed by atoms with van der Waals surface area (Å²) in [6, 6.07) is 17.7. The molecule has 2 N–H and O–H groups in total. The van der Waals surface area contributed by atoms with Crippen molar-refractivity contribution < 1.29 is 0 Å². The van der Waals surface area contributed by atoms with E-state index in [-0.39, 0.29) is 0 Å². The van der Waals surface area contributed by atoms with Crippen molar-refractivity contribution in [2.24, 2.45) is 0 Å². The fourth-order valence-electron chi connectivity index (χ4n) is 1.44. The number of rotatable bonds is 1. The Labute approximate surface area is 102 Å². The molecule has 2 aromatic carbocycles. The van der Waals surface area contributed by atoms with Gasteiger partial charge in [-0.05, 0) is 35.9 Å². The lowest BCUT2D eigenvalue weighted by Crippen LogP contribution is -1.83. The Balaban J connectivity index is 2.06. The average Bonchev–Trinajstić information content (AvgIpc) is 2.36. The van der Waals surface area contributed by atoms with Gasteiger partial charge in [-0.3, -0.25) is 0 Å². The quantitative estimate of drug-likeness (QED) is 0.577. The number of hydrogen-bond acceptors (Lipinski definition) is 1. The van der Waals surface area contributed by atoms with Crippen LogP contribution in [0.5, 0.6) is 0 Å². The molecule has 2 aromatic rings. The molecule has 0 aromatic heterocycles. The smallest absolute Gasteiger partial charge is 0.0326 e. The summed E-state index contributed by atoms with van der Waals surface area (Å²) in [5, 5.41) is 0. The van der Waals surface area contributed by atoms with E-state index in [1.165, 1.54) is 0 Å². The van der Waals surface area contributed by atoms with Gasteiger partial charge < -0.3 is 5.73 Å². The second-order valence-corrected chi connectivity index (χ2v) is 3.64. The highest BCUT2D eigenvalue weighted by molar-refractivity contribution is 5.54. The SMILES string of the molecule is Nc1cccc(C#CC=Cc2ccccc2)c1. The molecule has 0 unspecified atom stereocenters. The first kappa shape index (κ1) is 11.0. The number of allylic oxidation sites excluding steroid dienone is 1. The Bertz CT molecular complexity index is 571. The molecule has 0 aliphatic rings. The van der Waals surface area contributed by atoms with E-state index in [0.29, 0.717) is 0 Å². The third-order valence-electron chi connectivity index (χ3n) is 2.26. The van der Waals surface area contributed by atoms with Gasteiger partial charge in [-0.2, -0.15) is 0 Å². The van der Waals surface area contributed by atoms with Gasteiger partial charge in [-0.25, -0.2) is 0 Å². The van der Waals surface area contributed by atoms with Gasteiger partial charge in [0.25, 0.3) is 0 Å². The fourth-order valence-corrected chi connectivity index (χ4v) is 1.44. The minimum absolute atomic E-state index is 0.740. The van der Waals surface area contributed by atoms with Crippen LogP contribution in [0.15, 0.2) is 60.7 Å². The van der Waals surface area contributed by atoms with E-state index >= 15 is 0 Å². The number of nitrogen functional groups attached to an aromatic ring is 1. The van der Waals surface area contributed by atoms with Crippen LogP contribution in [0.1, 0.15) is 11.1 Å². The molecule has 0 heterocycles. The van der Waals surface area contributed by atoms with Gasteiger partial charge in [-0.1, -0.05) is 48.2 Å². The van der Waals surface area contributed by atoms with Gasteiger partial charge in [0.05, 0.1) is 0 Å². The summed E-state index contributed by atoms with van der Waals surface area (Å²) in [5.74, 6) is 6.03. The molecule has 0 bridgehead atoms. The third-order valence-corrected chi connectivity index (χ3v) is 2.26. The van der Waals surface area contributed by atoms with Gasteiger partial charge >= 0.3 is 0 Å². The predicted molar refractivity (Wildman–Crippen MR) is 73.2 cm³/mol. The van der Waals surface area contributed by atoms with E-state index in [0.717, 1.165) is 16.8 Å². The average molecular weight is 219 g/mol. The highest BCUT2D eigenvalue weighted by Crippen LogP contribution is 2.04. The van der Waals surface area contributed by atoms with Crippen molar-refractivity contribution in [2.75, 3.05) is 5.73 Å². The van der Waals surface area contributed by atoms with E-state index in [1.807, 2.05) is 66.7 Å². The Hall–Kier alpha value is -2.46. The molecule has 17 heavy (non-hydrogen) atoms. The number of benzene rings is 2. The van der Waals surface area contributed by atoms with Crippen LogP contribution >= 0.6 is 0 Å². The first-order valence-electron chi connectivity index (χ1n) is 5.43. The zero-order valence-corrected chi connectivity index (χ0v) is 9.43. The van der Waals surface area contributed by atoms with Crippen LogP contribution in [0, 0.1) is 11.8 Å². The van der Waals surface area contributed by atoms with Gasteiger partial charge in [-0.15, -0.1) is 0 Å². The van der Waals surface area contributed by atoms with Crippen LogP contribution in [0.4, 0.5) is 5.69 Å². The monoisotopic (exact) mass is 219 g/mol. The van der Waals surface area contributed by atoms with E-state index in [4.69, 9.17) is 5.73 Å². The normalized spacial score (nSPS) is 9.88. The molecule has 0 aliphatic heterocycles. The van der Waals surface area contributed by atoms with Gasteiger partial charge in [0.1, 0.15) is 0 Å². The molecule has 0 radical (unpaired) electrons. The Morgan fingerprint density at radius 3 is 2.53 bits per heavy atom. The minimum Gasteiger partial charge on any atom is -0.399 e. The van der Waals surface area contributed by atoms with E-state index < -0.39 is 0 Å². The summed E-state index contributed by atoms with van der Waals surface area (Å²) in [5.41, 5.74) is 8.49. The van der Waals surface area contributed by atoms with Crippen LogP contribution in [0.25, 0.3) is 6.08 Å². The Morgan fingerprint density at radius 2 is 1.76 bits per heavy atom. The topological polar surface area (TPSA) is 26.0 Å². The highest BCUT2D eigenvalue weighted by Gasteiger charge is 1.86. The highest BCUT2D eigenvalue weighted by atomic mass is 14.5. The van der Waals surface area contributed by atoms with E-state index in [9.17, 15) is 0 Å². The maximum absolute atomic E-state index is 5.67. The molecule has 2 rings (SSSR count). The first-order chi connectivity index (χ1) is 8.34. The molecular weight excluding hydrogens is 206 g/mol. The van der Waals surface area contributed by atoms with Crippen molar-refractivity contribution in [3.05, 3.63) is 71.8 Å². The van der Waals surface area contributed by atoms with Crippen LogP contribution in [-0.4, -0.2) is 0 Å². The molecule has 0 fully saturated rings. The molecule has 0 atom stereocenters. The van der Waals surface area contributed by atoms with Crippen molar-refractivity contribution in [1.82, 2.24) is 0 Å². The maximum Gasteiger partial charge on any atom is 0.0326 e. The van der Waals surface area contributed by atoms with Gasteiger partial charge in [0, 0.05) is 11.3 Å². The Morgan fingerprint density at radius 1 is 0.941 bits per heavy atom. The van der Waals surface area contributed by atoms with E-state index in [2.05, 4.69) is 11.8 Å². The lowest BCUT2D eigenvalue weighted by atomic mass is 10.2. The fraction of sp³-hybridized carbons (Fsp3) is 0. The van der Waals surface area contributed by atoms with Crippen LogP contribution < -0.4 is 5.73 Å². The second-order valence-electron chi connectivity index (χ2n) is 3.64. The lowest BCUT2D eigenvalue weighted by molar-refractivity contribution is 1.63. The standard InChI is InChI=1S/C16H13N/c17-16-12-6-11-15(13-16)10-5-4-9-14-7-2-1-3-8-14/h1-4,6-9,11-13H,17H2. The first-order valence-corrected chi connectivity index (χ1v) is 5.43. The molecule has 1 heteroatoms. The molecule has 0 amide bonds. The summed E-state index contributed by atoms with van der Waals surface area (Å²) in [6.07, 6.45) is 3.83. The van der Waals surface area contributed by atoms with E-state index in [1.54, 1.807) is 0 Å². The number of hydrogen-bond donors (Lipinski definition) is 1. The van der Waals surface area contributed by atoms with Crippen molar-refractivity contribution in [1.29, 1.82) is 0 Å². The molecular formula is C16H13N. The molecule has 1 nitrogen and oxygen atoms in total. The van der Waals surface area contributed by atoms with Crippen molar-refractivity contribution >= 4 is 11.8 Å². The third kappa shape index (κ3) is 3.55. The summed E-state index contributed by atoms with van der Waals surface area (Å²) >= 11 is 0. The summed E-state index contributed by atoms with van der Waals surface area (Å²) < 4.78 is 0. The molecule has 0 saturated heterocycles. The molecule has 82 valence electrons. The van der Waals surface area contributed by atoms with Crippen LogP contribution in [-0.2, 0) is 0 Å². The number of nitrogens with two attached hydrogens (primary N) is 1. The molecule has 0 aliphatic carbocycles. The van der Waals surface area contributed by atoms with Crippen LogP contribution in [0.2, 0.25) is 0 Å². The minimum atomic E-state index is 0.740. The largest absolute Gasteiger partial charge is 0.399 e. The zero-order valence-electron chi connectivity index (χ0n) is 9.43. The second kappa shape index (κ2) is 5.58. The number of anilines is 1. The van der Waals surface area contributed by atoms with Crippen molar-refractivity contribution in [2.45, 2.75) is 0 Å². The summed E-state index contributed by atoms with van der Waals surface area (Å²) in [4.78, 5) is 0. The van der Waals surface area contributed by atoms with Crippen molar-refractivity contribution in [3.63, 3.8) is 0 Å². The zero-order chi connectivity index (χ0) is 11.9. The molecule has 0 spiro atoms. The summed E-state index contributed by atoms with van der Waals surface area (Å²) in [6.45, 7) is 0. The predicted octanol–water partition coefficient (Wildman–Crippen LogP) is 3.33. The summed E-state index contributed by atoms with van der Waals surface area (Å²) in [7, 11) is 0. The lowest BCUT2D eigenvalue weighted by Gasteiger charge is -1.91.